The highest BCUT2D eigenvalue weighted by Crippen LogP contribution is 2.24. The molecule has 0 unspecified atom stereocenters. The molecule has 0 fully saturated rings. The minimum atomic E-state index is -0.350. The third kappa shape index (κ3) is 4.79. The van der Waals surface area contributed by atoms with Gasteiger partial charge in [-0.25, -0.2) is 0 Å². The van der Waals surface area contributed by atoms with Gasteiger partial charge in [0.15, 0.2) is 0 Å². The number of hydrogen-bond donors (Lipinski definition) is 2. The molecule has 2 amide bonds. The van der Waals surface area contributed by atoms with Crippen LogP contribution < -0.4 is 10.9 Å². The van der Waals surface area contributed by atoms with E-state index < -0.39 is 0 Å². The Morgan fingerprint density at radius 2 is 1.64 bits per heavy atom. The highest BCUT2D eigenvalue weighted by Gasteiger charge is 2.15. The van der Waals surface area contributed by atoms with Crippen molar-refractivity contribution < 1.29 is 9.59 Å². The summed E-state index contributed by atoms with van der Waals surface area (Å²) in [5.41, 5.74) is 5.32. The molecular formula is C16H15ClN2O2S. The zero-order chi connectivity index (χ0) is 15.9. The zero-order valence-corrected chi connectivity index (χ0v) is 13.4. The highest BCUT2D eigenvalue weighted by molar-refractivity contribution is 8.00. The number of amides is 2. The fourth-order valence-corrected chi connectivity index (χ4v) is 2.65. The third-order valence-electron chi connectivity index (χ3n) is 2.83. The summed E-state index contributed by atoms with van der Waals surface area (Å²) in [5, 5.41) is 0.300. The molecule has 0 aliphatic heterocycles. The second-order valence-corrected chi connectivity index (χ2v) is 6.37. The van der Waals surface area contributed by atoms with Gasteiger partial charge in [0.25, 0.3) is 11.8 Å². The number of thioether (sulfide) groups is 1. The molecule has 2 N–H and O–H groups in total. The second-order valence-electron chi connectivity index (χ2n) is 4.52. The fourth-order valence-electron chi connectivity index (χ4n) is 1.65. The van der Waals surface area contributed by atoms with E-state index in [9.17, 15) is 9.59 Å². The molecule has 0 saturated heterocycles. The third-order valence-corrected chi connectivity index (χ3v) is 4.19. The van der Waals surface area contributed by atoms with Crippen LogP contribution in [0.25, 0.3) is 0 Å². The number of halogens is 1. The van der Waals surface area contributed by atoms with E-state index in [0.717, 1.165) is 4.90 Å². The lowest BCUT2D eigenvalue weighted by atomic mass is 10.2. The van der Waals surface area contributed by atoms with Crippen molar-refractivity contribution in [3.05, 3.63) is 65.2 Å². The molecule has 0 radical (unpaired) electrons. The maximum atomic E-state index is 12.0. The topological polar surface area (TPSA) is 58.2 Å². The average molecular weight is 335 g/mol. The maximum Gasteiger partial charge on any atom is 0.269 e. The normalized spacial score (nSPS) is 11.5. The molecule has 0 bridgehead atoms. The van der Waals surface area contributed by atoms with Crippen LogP contribution in [-0.4, -0.2) is 17.1 Å². The summed E-state index contributed by atoms with van der Waals surface area (Å²) in [6.07, 6.45) is 0. The Balaban J connectivity index is 1.84. The van der Waals surface area contributed by atoms with E-state index in [1.54, 1.807) is 43.3 Å². The van der Waals surface area contributed by atoms with E-state index in [1.807, 2.05) is 18.2 Å². The lowest BCUT2D eigenvalue weighted by molar-refractivity contribution is -0.121. The lowest BCUT2D eigenvalue weighted by Crippen LogP contribution is -2.44. The van der Waals surface area contributed by atoms with E-state index >= 15 is 0 Å². The van der Waals surface area contributed by atoms with Crippen LogP contribution in [0.2, 0.25) is 5.02 Å². The van der Waals surface area contributed by atoms with Crippen molar-refractivity contribution in [2.75, 3.05) is 0 Å². The van der Waals surface area contributed by atoms with E-state index in [2.05, 4.69) is 10.9 Å². The molecule has 22 heavy (non-hydrogen) atoms. The van der Waals surface area contributed by atoms with Crippen molar-refractivity contribution in [2.24, 2.45) is 0 Å². The van der Waals surface area contributed by atoms with Crippen LogP contribution in [0.4, 0.5) is 0 Å². The van der Waals surface area contributed by atoms with Gasteiger partial charge in [0.1, 0.15) is 0 Å². The summed E-state index contributed by atoms with van der Waals surface area (Å²) in [4.78, 5) is 24.7. The van der Waals surface area contributed by atoms with Gasteiger partial charge in [-0.15, -0.1) is 11.8 Å². The Kier molecular flexibility index (Phi) is 5.86. The molecule has 0 aliphatic rings. The number of hydrazine groups is 1. The van der Waals surface area contributed by atoms with E-state index in [-0.39, 0.29) is 17.1 Å². The van der Waals surface area contributed by atoms with Crippen LogP contribution in [0.1, 0.15) is 17.3 Å². The monoisotopic (exact) mass is 334 g/mol. The van der Waals surface area contributed by atoms with Gasteiger partial charge >= 0.3 is 0 Å². The molecule has 0 spiro atoms. The quantitative estimate of drug-likeness (QED) is 0.666. The predicted molar refractivity (Wildman–Crippen MR) is 88.8 cm³/mol. The van der Waals surface area contributed by atoms with Gasteiger partial charge in [-0.3, -0.25) is 20.4 Å². The van der Waals surface area contributed by atoms with Crippen molar-refractivity contribution in [3.63, 3.8) is 0 Å². The summed E-state index contributed by atoms with van der Waals surface area (Å²) in [7, 11) is 0. The molecule has 4 nitrogen and oxygen atoms in total. The molecular weight excluding hydrogens is 320 g/mol. The molecule has 2 aromatic rings. The highest BCUT2D eigenvalue weighted by atomic mass is 35.5. The summed E-state index contributed by atoms with van der Waals surface area (Å²) in [6.45, 7) is 1.77. The van der Waals surface area contributed by atoms with Crippen molar-refractivity contribution in [3.8, 4) is 0 Å². The van der Waals surface area contributed by atoms with Crippen LogP contribution in [0.15, 0.2) is 59.5 Å². The Bertz CT molecular complexity index is 647. The number of nitrogens with one attached hydrogen (secondary N) is 2. The van der Waals surface area contributed by atoms with Gasteiger partial charge in [-0.1, -0.05) is 29.8 Å². The first-order valence-corrected chi connectivity index (χ1v) is 7.89. The number of carbonyl (C=O) groups excluding carboxylic acids is 2. The Hall–Kier alpha value is -1.98. The molecule has 0 aliphatic carbocycles. The Morgan fingerprint density at radius 1 is 1.00 bits per heavy atom. The molecule has 2 aromatic carbocycles. The largest absolute Gasteiger partial charge is 0.272 e. The molecule has 114 valence electrons. The van der Waals surface area contributed by atoms with Crippen molar-refractivity contribution in [1.29, 1.82) is 0 Å². The number of benzene rings is 2. The van der Waals surface area contributed by atoms with Crippen LogP contribution >= 0.6 is 23.4 Å². The molecule has 0 saturated carbocycles. The first kappa shape index (κ1) is 16.4. The molecule has 0 heterocycles. The summed E-state index contributed by atoms with van der Waals surface area (Å²) in [5.74, 6) is -0.623. The van der Waals surface area contributed by atoms with Gasteiger partial charge in [0.2, 0.25) is 0 Å². The maximum absolute atomic E-state index is 12.0. The van der Waals surface area contributed by atoms with E-state index in [1.165, 1.54) is 11.8 Å². The second kappa shape index (κ2) is 7.87. The van der Waals surface area contributed by atoms with Crippen molar-refractivity contribution in [1.82, 2.24) is 10.9 Å². The van der Waals surface area contributed by atoms with Crippen molar-refractivity contribution in [2.45, 2.75) is 17.1 Å². The van der Waals surface area contributed by atoms with Gasteiger partial charge in [0.05, 0.1) is 5.25 Å². The minimum absolute atomic E-state index is 0.274. The summed E-state index contributed by atoms with van der Waals surface area (Å²) < 4.78 is 0. The Morgan fingerprint density at radius 3 is 2.27 bits per heavy atom. The zero-order valence-electron chi connectivity index (χ0n) is 11.9. The van der Waals surface area contributed by atoms with Gasteiger partial charge in [-0.2, -0.15) is 0 Å². The van der Waals surface area contributed by atoms with E-state index in [0.29, 0.717) is 10.6 Å². The van der Waals surface area contributed by atoms with Gasteiger partial charge in [0, 0.05) is 15.5 Å². The predicted octanol–water partition coefficient (Wildman–Crippen LogP) is 3.28. The first-order valence-electron chi connectivity index (χ1n) is 6.64. The minimum Gasteiger partial charge on any atom is -0.272 e. The summed E-state index contributed by atoms with van der Waals surface area (Å²) in [6, 6.07) is 15.9. The van der Waals surface area contributed by atoms with Crippen LogP contribution in [0, 0.1) is 0 Å². The number of carbonyl (C=O) groups is 2. The Labute approximate surface area is 138 Å². The van der Waals surface area contributed by atoms with Crippen LogP contribution in [0.3, 0.4) is 0 Å². The fraction of sp³-hybridized carbons (Fsp3) is 0.125. The van der Waals surface area contributed by atoms with Crippen molar-refractivity contribution >= 4 is 35.2 Å². The molecule has 6 heteroatoms. The molecule has 2 rings (SSSR count). The number of rotatable bonds is 4. The van der Waals surface area contributed by atoms with Crippen LogP contribution in [0.5, 0.6) is 0 Å². The average Bonchev–Trinajstić information content (AvgIpc) is 2.55. The van der Waals surface area contributed by atoms with E-state index in [4.69, 9.17) is 11.6 Å². The SMILES string of the molecule is C[C@H](Sc1ccc(Cl)cc1)C(=O)NNC(=O)c1ccccc1. The molecule has 1 atom stereocenters. The standard InChI is InChI=1S/C16H15ClN2O2S/c1-11(22-14-9-7-13(17)8-10-14)15(20)18-19-16(21)12-5-3-2-4-6-12/h2-11H,1H3,(H,18,20)(H,19,21)/t11-/m0/s1. The number of hydrogen-bond acceptors (Lipinski definition) is 3. The first-order chi connectivity index (χ1) is 10.6. The summed E-state index contributed by atoms with van der Waals surface area (Å²) >= 11 is 7.20. The van der Waals surface area contributed by atoms with Crippen LogP contribution in [-0.2, 0) is 4.79 Å². The van der Waals surface area contributed by atoms with Gasteiger partial charge in [-0.05, 0) is 43.3 Å². The molecule has 0 aromatic heterocycles. The smallest absolute Gasteiger partial charge is 0.269 e. The van der Waals surface area contributed by atoms with Gasteiger partial charge < -0.3 is 0 Å². The lowest BCUT2D eigenvalue weighted by Gasteiger charge is -2.12.